The number of carbonyl (C=O) groups excluding carboxylic acids is 4. The van der Waals surface area contributed by atoms with Gasteiger partial charge in [-0.05, 0) is 99.7 Å². The summed E-state index contributed by atoms with van der Waals surface area (Å²) >= 11 is 0. The smallest absolute Gasteiger partial charge is 0.456 e. The van der Waals surface area contributed by atoms with Crippen LogP contribution in [0.25, 0.3) is 0 Å². The molecule has 8 bridgehead atoms. The Hall–Kier alpha value is -2.19. The second-order valence-corrected chi connectivity index (χ2v) is 15.6. The number of ether oxygens (including phenoxy) is 3. The average molecular weight is 619 g/mol. The second kappa shape index (κ2) is 9.91. The third kappa shape index (κ3) is 5.25. The lowest BCUT2D eigenvalue weighted by Crippen LogP contribution is -2.60. The van der Waals surface area contributed by atoms with Gasteiger partial charge in [-0.15, -0.1) is 0 Å². The lowest BCUT2D eigenvalue weighted by Gasteiger charge is -2.59. The van der Waals surface area contributed by atoms with Crippen molar-refractivity contribution in [3.8, 4) is 0 Å². The first-order valence-electron chi connectivity index (χ1n) is 14.7. The highest BCUT2D eigenvalue weighted by atomic mass is 32.2. The van der Waals surface area contributed by atoms with Crippen LogP contribution < -0.4 is 0 Å². The molecule has 11 nitrogen and oxygen atoms in total. The summed E-state index contributed by atoms with van der Waals surface area (Å²) in [5, 5.41) is 5.73. The van der Waals surface area contributed by atoms with Gasteiger partial charge in [-0.25, -0.2) is 9.59 Å². The van der Waals surface area contributed by atoms with Crippen molar-refractivity contribution < 1.29 is 60.2 Å². The third-order valence-electron chi connectivity index (χ3n) is 10.9. The number of aliphatic hydroxyl groups is 1. The normalized spacial score (nSPS) is 41.4. The fourth-order valence-corrected chi connectivity index (χ4v) is 10.4. The van der Waals surface area contributed by atoms with Gasteiger partial charge >= 0.3 is 33.3 Å². The maximum Gasteiger partial charge on any atom is 0.465 e. The molecule has 4 atom stereocenters. The van der Waals surface area contributed by atoms with E-state index in [9.17, 15) is 41.5 Å². The molecule has 14 heteroatoms. The number of halogens is 2. The average Bonchev–Trinajstić information content (AvgIpc) is 2.85. The van der Waals surface area contributed by atoms with Crippen molar-refractivity contribution in [2.45, 2.75) is 93.5 Å². The largest absolute Gasteiger partial charge is 0.465 e. The Bertz CT molecular complexity index is 1270. The van der Waals surface area contributed by atoms with Gasteiger partial charge in [0.05, 0.1) is 11.0 Å². The first kappa shape index (κ1) is 29.9. The SMILES string of the molecule is O=C(COC(=O)C(F)(F)S(=O)(=O)O)CC1C2CC3CC1CC(C(=O)OCC(=O)OC14CC5CC(CC(O)(C5)C1)C4)(C3)C2. The minimum absolute atomic E-state index is 0.0255. The van der Waals surface area contributed by atoms with Crippen LogP contribution in [0.1, 0.15) is 77.0 Å². The van der Waals surface area contributed by atoms with Crippen molar-refractivity contribution in [3.05, 3.63) is 0 Å². The zero-order chi connectivity index (χ0) is 30.3. The van der Waals surface area contributed by atoms with Crippen LogP contribution in [-0.2, 0) is 43.5 Å². The molecule has 0 radical (unpaired) electrons. The Morgan fingerprint density at radius 1 is 0.833 bits per heavy atom. The molecule has 4 unspecified atom stereocenters. The van der Waals surface area contributed by atoms with Crippen LogP contribution in [-0.4, -0.2) is 71.4 Å². The predicted molar refractivity (Wildman–Crippen MR) is 136 cm³/mol. The molecule has 42 heavy (non-hydrogen) atoms. The minimum atomic E-state index is -6.03. The molecular formula is C28H36F2O11S. The molecule has 0 amide bonds. The Labute approximate surface area is 241 Å². The summed E-state index contributed by atoms with van der Waals surface area (Å²) in [6.07, 6.45) is 7.40. The van der Waals surface area contributed by atoms with Crippen LogP contribution in [0, 0.1) is 40.9 Å². The van der Waals surface area contributed by atoms with E-state index in [-0.39, 0.29) is 30.1 Å². The molecule has 0 heterocycles. The fraction of sp³-hybridized carbons (Fsp3) is 0.857. The van der Waals surface area contributed by atoms with E-state index in [1.54, 1.807) is 0 Å². The summed E-state index contributed by atoms with van der Waals surface area (Å²) in [4.78, 5) is 50.1. The molecule has 0 spiro atoms. The zero-order valence-electron chi connectivity index (χ0n) is 23.1. The highest BCUT2D eigenvalue weighted by molar-refractivity contribution is 7.87. The van der Waals surface area contributed by atoms with E-state index < -0.39 is 68.9 Å². The molecule has 2 N–H and O–H groups in total. The van der Waals surface area contributed by atoms with Gasteiger partial charge in [-0.3, -0.25) is 14.1 Å². The van der Waals surface area contributed by atoms with E-state index in [1.807, 2.05) is 0 Å². The van der Waals surface area contributed by atoms with E-state index in [2.05, 4.69) is 4.74 Å². The number of carbonyl (C=O) groups is 4. The number of hydrogen-bond acceptors (Lipinski definition) is 10. The highest BCUT2D eigenvalue weighted by Crippen LogP contribution is 2.63. The highest BCUT2D eigenvalue weighted by Gasteiger charge is 2.61. The summed E-state index contributed by atoms with van der Waals surface area (Å²) < 4.78 is 72.3. The number of alkyl halides is 2. The van der Waals surface area contributed by atoms with Crippen LogP contribution in [0.3, 0.4) is 0 Å². The van der Waals surface area contributed by atoms with Crippen molar-refractivity contribution in [2.75, 3.05) is 13.2 Å². The molecule has 0 saturated heterocycles. The molecule has 0 aliphatic heterocycles. The summed E-state index contributed by atoms with van der Waals surface area (Å²) in [6, 6.07) is 0. The molecular weight excluding hydrogens is 582 g/mol. The van der Waals surface area contributed by atoms with Gasteiger partial charge in [0.15, 0.2) is 12.4 Å². The predicted octanol–water partition coefficient (Wildman–Crippen LogP) is 2.58. The number of esters is 3. The Kier molecular flexibility index (Phi) is 7.05. The van der Waals surface area contributed by atoms with Gasteiger partial charge in [0, 0.05) is 12.8 Å². The van der Waals surface area contributed by atoms with Gasteiger partial charge in [-0.2, -0.15) is 17.2 Å². The van der Waals surface area contributed by atoms with Crippen LogP contribution in [0.4, 0.5) is 8.78 Å². The van der Waals surface area contributed by atoms with Gasteiger partial charge in [0.1, 0.15) is 12.2 Å². The number of hydrogen-bond donors (Lipinski definition) is 2. The van der Waals surface area contributed by atoms with Gasteiger partial charge in [0.25, 0.3) is 0 Å². The topological polar surface area (TPSA) is 171 Å². The lowest BCUT2D eigenvalue weighted by molar-refractivity contribution is -0.223. The Morgan fingerprint density at radius 2 is 1.45 bits per heavy atom. The number of ketones is 1. The van der Waals surface area contributed by atoms with Crippen molar-refractivity contribution in [1.29, 1.82) is 0 Å². The molecule has 0 aromatic rings. The molecule has 0 aromatic heterocycles. The van der Waals surface area contributed by atoms with Crippen molar-refractivity contribution >= 4 is 33.8 Å². The molecule has 8 aliphatic carbocycles. The molecule has 8 saturated carbocycles. The van der Waals surface area contributed by atoms with E-state index >= 15 is 0 Å². The summed E-state index contributed by atoms with van der Waals surface area (Å²) in [5.41, 5.74) is -2.26. The van der Waals surface area contributed by atoms with E-state index in [1.165, 1.54) is 0 Å². The van der Waals surface area contributed by atoms with Crippen molar-refractivity contribution in [1.82, 2.24) is 0 Å². The van der Waals surface area contributed by atoms with Gasteiger partial charge < -0.3 is 19.3 Å². The van der Waals surface area contributed by atoms with Crippen LogP contribution in [0.15, 0.2) is 0 Å². The number of rotatable bonds is 10. The summed E-state index contributed by atoms with van der Waals surface area (Å²) in [6.45, 7) is -1.56. The quantitative estimate of drug-likeness (QED) is 0.210. The third-order valence-corrected chi connectivity index (χ3v) is 11.7. The van der Waals surface area contributed by atoms with E-state index in [0.29, 0.717) is 37.5 Å². The molecule has 8 fully saturated rings. The van der Waals surface area contributed by atoms with E-state index in [0.717, 1.165) is 44.9 Å². The first-order valence-corrected chi connectivity index (χ1v) is 16.1. The van der Waals surface area contributed by atoms with Gasteiger partial charge in [0.2, 0.25) is 0 Å². The second-order valence-electron chi connectivity index (χ2n) is 14.1. The van der Waals surface area contributed by atoms with E-state index in [4.69, 9.17) is 14.0 Å². The standard InChI is InChI=1S/C28H36F2O11S/c29-28(30,42(36,37)38)24(34)39-12-20(31)4-21-18-2-15-3-19(21)11-25(5-15,10-18)23(33)40-13-22(32)41-27-8-16-1-17(9-27)7-26(35,6-16)14-27/h15-19,21,35H,1-14H2,(H,36,37,38). The minimum Gasteiger partial charge on any atom is -0.456 e. The summed E-state index contributed by atoms with van der Waals surface area (Å²) in [7, 11) is -6.03. The Morgan fingerprint density at radius 3 is 2.02 bits per heavy atom. The van der Waals surface area contributed by atoms with Crippen molar-refractivity contribution in [2.24, 2.45) is 40.9 Å². The number of Topliss-reactive ketones (excluding diaryl/α,β-unsaturated/α-hetero) is 1. The fourth-order valence-electron chi connectivity index (χ4n) is 10.2. The molecule has 234 valence electrons. The maximum atomic E-state index is 13.4. The van der Waals surface area contributed by atoms with Crippen molar-refractivity contribution in [3.63, 3.8) is 0 Å². The van der Waals surface area contributed by atoms with Crippen LogP contribution >= 0.6 is 0 Å². The van der Waals surface area contributed by atoms with Crippen LogP contribution in [0.5, 0.6) is 0 Å². The molecule has 8 aliphatic rings. The van der Waals surface area contributed by atoms with Gasteiger partial charge in [-0.1, -0.05) is 0 Å². The molecule has 0 aromatic carbocycles. The zero-order valence-corrected chi connectivity index (χ0v) is 23.9. The first-order chi connectivity index (χ1) is 19.5. The summed E-state index contributed by atoms with van der Waals surface area (Å²) in [5.74, 6) is -3.57. The lowest BCUT2D eigenvalue weighted by atomic mass is 9.45. The molecule has 8 rings (SSSR count). The monoisotopic (exact) mass is 618 g/mol. The van der Waals surface area contributed by atoms with Crippen LogP contribution in [0.2, 0.25) is 0 Å². The maximum absolute atomic E-state index is 13.4. The Balaban J connectivity index is 1.01.